The lowest BCUT2D eigenvalue weighted by Gasteiger charge is -2.42. The normalized spacial score (nSPS) is 41.9. The molecule has 5 fully saturated rings. The lowest BCUT2D eigenvalue weighted by molar-refractivity contribution is -0.179. The fourth-order valence-electron chi connectivity index (χ4n) is 8.04. The van der Waals surface area contributed by atoms with Gasteiger partial charge in [-0.15, -0.1) is 0 Å². The fraction of sp³-hybridized carbons (Fsp3) is 0.897. The van der Waals surface area contributed by atoms with Gasteiger partial charge in [-0.1, -0.05) is 56.9 Å². The first-order valence-electron chi connectivity index (χ1n) is 12.5. The number of cyclic esters (lactones) is 2. The van der Waals surface area contributed by atoms with E-state index in [0.717, 1.165) is 31.6 Å². The molecule has 0 spiro atoms. The molecule has 0 N–H and O–H groups in total. The van der Waals surface area contributed by atoms with Gasteiger partial charge in [0, 0.05) is 12.5 Å². The minimum absolute atomic E-state index is 0. The number of carbonyl (C=O) groups excluding carboxylic acids is 3. The van der Waals surface area contributed by atoms with Gasteiger partial charge < -0.3 is 14.2 Å². The predicted octanol–water partition coefficient (Wildman–Crippen LogP) is 6.45. The first-order valence-corrected chi connectivity index (χ1v) is 12.5. The Morgan fingerprint density at radius 2 is 1.74 bits per heavy atom. The second-order valence-corrected chi connectivity index (χ2v) is 10.9. The van der Waals surface area contributed by atoms with Crippen LogP contribution in [0.4, 0.5) is 0 Å². The van der Waals surface area contributed by atoms with Gasteiger partial charge >= 0.3 is 17.9 Å². The van der Waals surface area contributed by atoms with Gasteiger partial charge in [-0.3, -0.25) is 14.4 Å². The molecule has 3 saturated carbocycles. The lowest BCUT2D eigenvalue weighted by atomic mass is 9.71. The van der Waals surface area contributed by atoms with Crippen LogP contribution in [-0.2, 0) is 28.6 Å². The lowest BCUT2D eigenvalue weighted by Crippen LogP contribution is -2.48. The van der Waals surface area contributed by atoms with Crippen molar-refractivity contribution in [2.75, 3.05) is 6.61 Å². The molecule has 2 bridgehead atoms. The summed E-state index contributed by atoms with van der Waals surface area (Å²) in [4.78, 5) is 38.6. The molecule has 6 heteroatoms. The molecule has 2 aliphatic heterocycles. The van der Waals surface area contributed by atoms with Crippen LogP contribution in [0.25, 0.3) is 0 Å². The van der Waals surface area contributed by atoms with Crippen molar-refractivity contribution in [3.63, 3.8) is 0 Å². The van der Waals surface area contributed by atoms with Crippen LogP contribution in [-0.4, -0.2) is 36.2 Å². The van der Waals surface area contributed by atoms with Gasteiger partial charge in [0.2, 0.25) is 0 Å². The minimum Gasteiger partial charge on any atom is -0.459 e. The van der Waals surface area contributed by atoms with Gasteiger partial charge in [0.25, 0.3) is 0 Å². The second-order valence-electron chi connectivity index (χ2n) is 10.9. The van der Waals surface area contributed by atoms with Gasteiger partial charge in [0.1, 0.15) is 5.60 Å². The van der Waals surface area contributed by atoms with Crippen LogP contribution in [0.1, 0.15) is 102 Å². The van der Waals surface area contributed by atoms with E-state index in [0.29, 0.717) is 24.4 Å². The Morgan fingerprint density at radius 3 is 2.40 bits per heavy atom. The van der Waals surface area contributed by atoms with E-state index in [-0.39, 0.29) is 47.7 Å². The zero-order valence-corrected chi connectivity index (χ0v) is 19.0. The number of rotatable bonds is 5. The third kappa shape index (κ3) is 4.93. The third-order valence-corrected chi connectivity index (χ3v) is 9.56. The first kappa shape index (κ1) is 31.6. The van der Waals surface area contributed by atoms with E-state index in [1.54, 1.807) is 6.92 Å². The van der Waals surface area contributed by atoms with Gasteiger partial charge in [-0.2, -0.15) is 0 Å². The molecule has 3 aliphatic carbocycles. The van der Waals surface area contributed by atoms with Crippen molar-refractivity contribution in [1.29, 1.82) is 0 Å². The van der Waals surface area contributed by atoms with E-state index in [9.17, 15) is 14.4 Å². The van der Waals surface area contributed by atoms with E-state index >= 15 is 0 Å². The number of hydrogen-bond acceptors (Lipinski definition) is 6. The summed E-state index contributed by atoms with van der Waals surface area (Å²) < 4.78 is 17.2. The second kappa shape index (κ2) is 11.7. The topological polar surface area (TPSA) is 78.9 Å². The summed E-state index contributed by atoms with van der Waals surface area (Å²) in [5.74, 6) is -1.00. The summed E-state index contributed by atoms with van der Waals surface area (Å²) in [7, 11) is 0. The van der Waals surface area contributed by atoms with Crippen molar-refractivity contribution in [1.82, 2.24) is 0 Å². The van der Waals surface area contributed by atoms with Crippen molar-refractivity contribution < 1.29 is 28.6 Å². The summed E-state index contributed by atoms with van der Waals surface area (Å²) in [6.07, 6.45) is 8.32. The van der Waals surface area contributed by atoms with Crippen LogP contribution >= 0.6 is 0 Å². The molecule has 204 valence electrons. The van der Waals surface area contributed by atoms with Crippen LogP contribution in [0.2, 0.25) is 0 Å². The minimum atomic E-state index is -0.822. The molecule has 0 amide bonds. The molecule has 2 saturated heterocycles. The highest BCUT2D eigenvalue weighted by Crippen LogP contribution is 2.64. The summed E-state index contributed by atoms with van der Waals surface area (Å²) in [5.41, 5.74) is -0.405. The van der Waals surface area contributed by atoms with Crippen molar-refractivity contribution in [2.24, 2.45) is 47.3 Å². The quantitative estimate of drug-likeness (QED) is 0.322. The molecule has 0 aromatic carbocycles. The maximum absolute atomic E-state index is 13.4. The van der Waals surface area contributed by atoms with Gasteiger partial charge in [-0.05, 0) is 68.6 Å². The molecular weight excluding hydrogens is 444 g/mol. The van der Waals surface area contributed by atoms with E-state index in [1.807, 2.05) is 6.92 Å². The molecule has 10 unspecified atom stereocenters. The summed E-state index contributed by atoms with van der Waals surface area (Å²) in [6.45, 7) is 6.46. The van der Waals surface area contributed by atoms with Gasteiger partial charge in [0.15, 0.2) is 0 Å². The molecule has 35 heavy (non-hydrogen) atoms. The molecule has 6 nitrogen and oxygen atoms in total. The van der Waals surface area contributed by atoms with Crippen molar-refractivity contribution in [2.45, 2.75) is 114 Å². The van der Waals surface area contributed by atoms with Gasteiger partial charge in [0.05, 0.1) is 23.9 Å². The fourth-order valence-corrected chi connectivity index (χ4v) is 8.04. The zero-order chi connectivity index (χ0) is 21.9. The van der Waals surface area contributed by atoms with Crippen LogP contribution in [0, 0.1) is 47.3 Å². The zero-order valence-electron chi connectivity index (χ0n) is 19.0. The number of hydrogen-bond donors (Lipinski definition) is 0. The molecule has 5 aliphatic rings. The van der Waals surface area contributed by atoms with E-state index < -0.39 is 35.3 Å². The number of ether oxygens (including phenoxy) is 3. The highest BCUT2D eigenvalue weighted by molar-refractivity contribution is 5.99. The molecule has 0 aromatic rings. The number of fused-ring (bicyclic) bond motifs is 5. The SMILES string of the molecule is C.C.C.C.CCC1(OC(=O)C(C)C2C(=O)OC(=O)C2C2OCCCC2C)CC2CC1C1CCCC21. The maximum atomic E-state index is 13.4. The van der Waals surface area contributed by atoms with Crippen molar-refractivity contribution in [3.8, 4) is 0 Å². The first-order chi connectivity index (χ1) is 14.9. The monoisotopic (exact) mass is 496 g/mol. The smallest absolute Gasteiger partial charge is 0.320 e. The summed E-state index contributed by atoms with van der Waals surface area (Å²) in [6, 6.07) is 0. The van der Waals surface area contributed by atoms with Crippen LogP contribution in [0.3, 0.4) is 0 Å². The standard InChI is InChI=1S/C25H36O6.4CH4/c1-4-25(12-15-11-18(25)17-9-5-8-16(15)17)31-22(26)14(3)19-20(24(28)30-23(19)27)21-13(2)7-6-10-29-21;;;;/h13-21H,4-12H2,1-3H3;4*1H4. The largest absolute Gasteiger partial charge is 0.459 e. The Balaban J connectivity index is 0.00000153. The number of carbonyl (C=O) groups is 3. The average Bonchev–Trinajstić information content (AvgIpc) is 3.49. The molecule has 0 radical (unpaired) electrons. The Morgan fingerprint density at radius 1 is 1.06 bits per heavy atom. The summed E-state index contributed by atoms with van der Waals surface area (Å²) >= 11 is 0. The average molecular weight is 497 g/mol. The molecule has 0 aromatic heterocycles. The van der Waals surface area contributed by atoms with E-state index in [1.165, 1.54) is 25.7 Å². The highest BCUT2D eigenvalue weighted by Gasteiger charge is 2.63. The van der Waals surface area contributed by atoms with Crippen molar-refractivity contribution >= 4 is 17.9 Å². The molecule has 2 heterocycles. The molecule has 10 atom stereocenters. The van der Waals surface area contributed by atoms with E-state index in [4.69, 9.17) is 14.2 Å². The highest BCUT2D eigenvalue weighted by atomic mass is 16.6. The molecular formula is C29H52O6. The van der Waals surface area contributed by atoms with Crippen LogP contribution in [0.5, 0.6) is 0 Å². The third-order valence-electron chi connectivity index (χ3n) is 9.56. The van der Waals surface area contributed by atoms with Crippen LogP contribution < -0.4 is 0 Å². The Hall–Kier alpha value is -1.43. The maximum Gasteiger partial charge on any atom is 0.320 e. The number of esters is 3. The van der Waals surface area contributed by atoms with Crippen LogP contribution in [0.15, 0.2) is 0 Å². The Kier molecular flexibility index (Phi) is 10.6. The Bertz CT molecular complexity index is 764. The van der Waals surface area contributed by atoms with Gasteiger partial charge in [-0.25, -0.2) is 0 Å². The van der Waals surface area contributed by atoms with E-state index in [2.05, 4.69) is 6.92 Å². The predicted molar refractivity (Wildman–Crippen MR) is 138 cm³/mol. The summed E-state index contributed by atoms with van der Waals surface area (Å²) in [5, 5.41) is 0. The molecule has 5 rings (SSSR count). The van der Waals surface area contributed by atoms with Crippen molar-refractivity contribution in [3.05, 3.63) is 0 Å². The Labute approximate surface area is 214 Å².